The maximum atomic E-state index is 12.1. The van der Waals surface area contributed by atoms with E-state index in [1.165, 1.54) is 4.90 Å². The minimum absolute atomic E-state index is 0.172. The molecule has 0 aliphatic carbocycles. The number of nitrogens with one attached hydrogen (secondary N) is 1. The molecule has 2 aromatic rings. The van der Waals surface area contributed by atoms with Crippen LogP contribution < -0.4 is 10.2 Å². The molecule has 1 aliphatic rings. The van der Waals surface area contributed by atoms with Crippen molar-refractivity contribution in [2.75, 3.05) is 18.0 Å². The van der Waals surface area contributed by atoms with Gasteiger partial charge in [0, 0.05) is 29.7 Å². The van der Waals surface area contributed by atoms with Crippen molar-refractivity contribution in [3.8, 4) is 11.1 Å². The molecule has 1 saturated heterocycles. The van der Waals surface area contributed by atoms with Crippen LogP contribution in [0.3, 0.4) is 0 Å². The molecule has 2 amide bonds. The Morgan fingerprint density at radius 2 is 2.07 bits per heavy atom. The average Bonchev–Trinajstić information content (AvgIpc) is 3.00. The Morgan fingerprint density at radius 1 is 1.30 bits per heavy atom. The quantitative estimate of drug-likeness (QED) is 0.889. The molecular weight excluding hydrogens is 348 g/mol. The predicted molar refractivity (Wildman–Crippen MR) is 99.3 cm³/mol. The van der Waals surface area contributed by atoms with Crippen molar-refractivity contribution in [1.82, 2.24) is 15.3 Å². The van der Waals surface area contributed by atoms with Crippen molar-refractivity contribution in [2.45, 2.75) is 32.5 Å². The maximum absolute atomic E-state index is 12.1. The normalized spacial score (nSPS) is 16.8. The number of carbonyl (C=O) groups is 2. The van der Waals surface area contributed by atoms with Gasteiger partial charge in [-0.25, -0.2) is 14.6 Å². The fraction of sp³-hybridized carbons (Fsp3) is 0.368. The summed E-state index contributed by atoms with van der Waals surface area (Å²) in [6.07, 6.45) is 3.63. The second-order valence-electron chi connectivity index (χ2n) is 7.15. The molecule has 3 rings (SSSR count). The molecule has 0 spiro atoms. The van der Waals surface area contributed by atoms with Gasteiger partial charge in [0.05, 0.1) is 13.1 Å². The Hall–Kier alpha value is -3.16. The first-order chi connectivity index (χ1) is 12.8. The van der Waals surface area contributed by atoms with Crippen LogP contribution in [0.1, 0.15) is 20.8 Å². The summed E-state index contributed by atoms with van der Waals surface area (Å²) in [4.78, 5) is 33.7. The van der Waals surface area contributed by atoms with Gasteiger partial charge >= 0.3 is 12.2 Å². The third kappa shape index (κ3) is 4.93. The fourth-order valence-electron chi connectivity index (χ4n) is 2.58. The lowest BCUT2D eigenvalue weighted by molar-refractivity contribution is 0.0496. The minimum Gasteiger partial charge on any atom is -0.444 e. The highest BCUT2D eigenvalue weighted by Crippen LogP contribution is 2.23. The summed E-state index contributed by atoms with van der Waals surface area (Å²) in [5, 5.41) is 2.61. The summed E-state index contributed by atoms with van der Waals surface area (Å²) in [5.74, 6) is 0.493. The Bertz CT molecular complexity index is 803. The van der Waals surface area contributed by atoms with Gasteiger partial charge in [-0.3, -0.25) is 9.88 Å². The van der Waals surface area contributed by atoms with Crippen molar-refractivity contribution in [1.29, 1.82) is 0 Å². The van der Waals surface area contributed by atoms with Crippen LogP contribution in [0.4, 0.5) is 15.4 Å². The number of alkyl carbamates (subject to hydrolysis) is 1. The molecular formula is C19H22N4O4. The number of hydrogen-bond acceptors (Lipinski definition) is 6. The van der Waals surface area contributed by atoms with Crippen molar-refractivity contribution in [3.05, 3.63) is 42.9 Å². The molecule has 0 unspecified atom stereocenters. The van der Waals surface area contributed by atoms with Crippen molar-refractivity contribution < 1.29 is 19.1 Å². The SMILES string of the molecule is CC(C)(C)OC(=O)NC[C@H]1CN(c2ccc(-c3cccnc3)cn2)C(=O)O1. The van der Waals surface area contributed by atoms with Crippen molar-refractivity contribution >= 4 is 18.0 Å². The van der Waals surface area contributed by atoms with Gasteiger partial charge in [0.15, 0.2) is 0 Å². The van der Waals surface area contributed by atoms with Gasteiger partial charge in [0.25, 0.3) is 0 Å². The number of hydrogen-bond donors (Lipinski definition) is 1. The van der Waals surface area contributed by atoms with Crippen LogP contribution in [-0.2, 0) is 9.47 Å². The van der Waals surface area contributed by atoms with Gasteiger partial charge in [0.1, 0.15) is 17.5 Å². The van der Waals surface area contributed by atoms with Crippen molar-refractivity contribution in [2.24, 2.45) is 0 Å². The Morgan fingerprint density at radius 3 is 2.70 bits per heavy atom. The molecule has 2 aromatic heterocycles. The topological polar surface area (TPSA) is 93.6 Å². The zero-order chi connectivity index (χ0) is 19.4. The summed E-state index contributed by atoms with van der Waals surface area (Å²) in [5.41, 5.74) is 1.27. The summed E-state index contributed by atoms with van der Waals surface area (Å²) < 4.78 is 10.5. The highest BCUT2D eigenvalue weighted by molar-refractivity contribution is 5.88. The molecule has 0 aromatic carbocycles. The van der Waals surface area contributed by atoms with Gasteiger partial charge in [-0.2, -0.15) is 0 Å². The molecule has 0 bridgehead atoms. The summed E-state index contributed by atoms with van der Waals surface area (Å²) in [7, 11) is 0. The van der Waals surface area contributed by atoms with E-state index in [4.69, 9.17) is 9.47 Å². The highest BCUT2D eigenvalue weighted by atomic mass is 16.6. The zero-order valence-electron chi connectivity index (χ0n) is 15.5. The third-order valence-corrected chi connectivity index (χ3v) is 3.77. The molecule has 27 heavy (non-hydrogen) atoms. The van der Waals surface area contributed by atoms with Crippen LogP contribution >= 0.6 is 0 Å². The van der Waals surface area contributed by atoms with E-state index in [1.807, 2.05) is 18.2 Å². The van der Waals surface area contributed by atoms with Gasteiger partial charge in [0.2, 0.25) is 0 Å². The molecule has 0 radical (unpaired) electrons. The van der Waals surface area contributed by atoms with Crippen LogP contribution in [-0.4, -0.2) is 46.9 Å². The van der Waals surface area contributed by atoms with Crippen LogP contribution in [0.5, 0.6) is 0 Å². The van der Waals surface area contributed by atoms with Crippen molar-refractivity contribution in [3.63, 3.8) is 0 Å². The maximum Gasteiger partial charge on any atom is 0.416 e. The summed E-state index contributed by atoms with van der Waals surface area (Å²) >= 11 is 0. The van der Waals surface area contributed by atoms with E-state index in [0.29, 0.717) is 12.4 Å². The molecule has 0 saturated carbocycles. The molecule has 1 atom stereocenters. The lowest BCUT2D eigenvalue weighted by Gasteiger charge is -2.20. The second kappa shape index (κ2) is 7.61. The van der Waals surface area contributed by atoms with E-state index >= 15 is 0 Å². The number of nitrogens with zero attached hydrogens (tertiary/aromatic N) is 3. The number of cyclic esters (lactones) is 1. The van der Waals surface area contributed by atoms with E-state index < -0.39 is 23.9 Å². The summed E-state index contributed by atoms with van der Waals surface area (Å²) in [6, 6.07) is 7.42. The molecule has 8 nitrogen and oxygen atoms in total. The van der Waals surface area contributed by atoms with Gasteiger partial charge < -0.3 is 14.8 Å². The second-order valence-corrected chi connectivity index (χ2v) is 7.15. The first-order valence-electron chi connectivity index (χ1n) is 8.63. The molecule has 142 valence electrons. The molecule has 1 N–H and O–H groups in total. The smallest absolute Gasteiger partial charge is 0.416 e. The number of pyridine rings is 2. The number of amides is 2. The lowest BCUT2D eigenvalue weighted by atomic mass is 10.1. The van der Waals surface area contributed by atoms with Crippen LogP contribution in [0.15, 0.2) is 42.9 Å². The van der Waals surface area contributed by atoms with E-state index in [1.54, 1.807) is 45.4 Å². The average molecular weight is 370 g/mol. The molecule has 3 heterocycles. The largest absolute Gasteiger partial charge is 0.444 e. The van der Waals surface area contributed by atoms with E-state index in [2.05, 4.69) is 15.3 Å². The van der Waals surface area contributed by atoms with Crippen LogP contribution in [0.2, 0.25) is 0 Å². The molecule has 1 fully saturated rings. The van der Waals surface area contributed by atoms with E-state index in [9.17, 15) is 9.59 Å². The Labute approximate surface area is 157 Å². The lowest BCUT2D eigenvalue weighted by Crippen LogP contribution is -2.38. The molecule has 8 heteroatoms. The number of aromatic nitrogens is 2. The monoisotopic (exact) mass is 370 g/mol. The first-order valence-corrected chi connectivity index (χ1v) is 8.63. The summed E-state index contributed by atoms with van der Waals surface area (Å²) in [6.45, 7) is 5.82. The number of ether oxygens (including phenoxy) is 2. The van der Waals surface area contributed by atoms with Gasteiger partial charge in [-0.1, -0.05) is 6.07 Å². The number of anilines is 1. The number of rotatable bonds is 4. The Balaban J connectivity index is 1.58. The fourth-order valence-corrected chi connectivity index (χ4v) is 2.58. The molecule has 1 aliphatic heterocycles. The number of carbonyl (C=O) groups excluding carboxylic acids is 2. The van der Waals surface area contributed by atoms with Gasteiger partial charge in [-0.15, -0.1) is 0 Å². The van der Waals surface area contributed by atoms with E-state index in [0.717, 1.165) is 11.1 Å². The first kappa shape index (κ1) is 18.6. The zero-order valence-corrected chi connectivity index (χ0v) is 15.5. The van der Waals surface area contributed by atoms with E-state index in [-0.39, 0.29) is 6.54 Å². The predicted octanol–water partition coefficient (Wildman–Crippen LogP) is 2.99. The van der Waals surface area contributed by atoms with Gasteiger partial charge in [-0.05, 0) is 39.0 Å². The standard InChI is InChI=1S/C19H22N4O4/c1-19(2,3)27-17(24)22-11-15-12-23(18(25)26-15)16-7-6-14(10-21-16)13-5-4-8-20-9-13/h4-10,15H,11-12H2,1-3H3,(H,22,24)/t15-/m0/s1. The Kier molecular flexibility index (Phi) is 5.25. The van der Waals surface area contributed by atoms with Crippen LogP contribution in [0.25, 0.3) is 11.1 Å². The third-order valence-electron chi connectivity index (χ3n) is 3.77. The van der Waals surface area contributed by atoms with Crippen LogP contribution in [0, 0.1) is 0 Å². The minimum atomic E-state index is -0.581. The highest BCUT2D eigenvalue weighted by Gasteiger charge is 2.33.